The van der Waals surface area contributed by atoms with E-state index in [0.717, 1.165) is 0 Å². The molecule has 2 aromatic rings. The molecule has 0 spiro atoms. The van der Waals surface area contributed by atoms with Gasteiger partial charge in [0.05, 0.1) is 27.7 Å². The van der Waals surface area contributed by atoms with Gasteiger partial charge in [-0.1, -0.05) is 23.7 Å². The van der Waals surface area contributed by atoms with E-state index < -0.39 is 16.8 Å². The molecule has 4 rings (SSSR count). The van der Waals surface area contributed by atoms with Gasteiger partial charge >= 0.3 is 6.09 Å². The van der Waals surface area contributed by atoms with Gasteiger partial charge in [0.25, 0.3) is 5.91 Å². The van der Waals surface area contributed by atoms with Gasteiger partial charge < -0.3 is 20.3 Å². The normalized spacial score (nSPS) is 20.8. The molecule has 0 aliphatic carbocycles. The summed E-state index contributed by atoms with van der Waals surface area (Å²) in [7, 11) is 0. The summed E-state index contributed by atoms with van der Waals surface area (Å²) in [4.78, 5) is 34.9. The van der Waals surface area contributed by atoms with E-state index in [1.54, 1.807) is 17.0 Å². The largest absolute Gasteiger partial charge is 0.444 e. The Morgan fingerprint density at radius 3 is 2.78 bits per heavy atom. The molecule has 2 N–H and O–H groups in total. The number of amides is 2. The van der Waals surface area contributed by atoms with Crippen molar-refractivity contribution in [2.75, 3.05) is 25.0 Å². The van der Waals surface area contributed by atoms with E-state index >= 15 is 0 Å². The first-order chi connectivity index (χ1) is 15.0. The second-order valence-corrected chi connectivity index (χ2v) is 9.71. The summed E-state index contributed by atoms with van der Waals surface area (Å²) in [6.45, 7) is 8.31. The molecule has 170 valence electrons. The molecule has 2 amide bonds. The maximum Gasteiger partial charge on any atom is 0.410 e. The van der Waals surface area contributed by atoms with Crippen molar-refractivity contribution >= 4 is 29.5 Å². The van der Waals surface area contributed by atoms with E-state index in [4.69, 9.17) is 16.3 Å². The lowest BCUT2D eigenvalue weighted by Gasteiger charge is -2.40. The molecule has 32 heavy (non-hydrogen) atoms. The van der Waals surface area contributed by atoms with Crippen LogP contribution in [0.25, 0.3) is 0 Å². The molecule has 1 aromatic carbocycles. The molecule has 10 heteroatoms. The highest BCUT2D eigenvalue weighted by Crippen LogP contribution is 2.38. The van der Waals surface area contributed by atoms with Crippen molar-refractivity contribution in [2.45, 2.75) is 44.8 Å². The van der Waals surface area contributed by atoms with Gasteiger partial charge in [0.1, 0.15) is 11.4 Å². The molecule has 2 aliphatic rings. The molecule has 1 atom stereocenters. The fourth-order valence-electron chi connectivity index (χ4n) is 3.85. The van der Waals surface area contributed by atoms with Crippen LogP contribution in [0.15, 0.2) is 24.4 Å². The van der Waals surface area contributed by atoms with Crippen LogP contribution in [0, 0.1) is 5.82 Å². The molecule has 1 aromatic heterocycles. The molecular weight excluding hydrogens is 437 g/mol. The summed E-state index contributed by atoms with van der Waals surface area (Å²) in [5, 5.41) is 5.98. The van der Waals surface area contributed by atoms with E-state index in [-0.39, 0.29) is 35.2 Å². The number of nitrogens with zero attached hydrogens (tertiary/aromatic N) is 3. The first-order valence-corrected chi connectivity index (χ1v) is 10.7. The van der Waals surface area contributed by atoms with Crippen molar-refractivity contribution in [3.63, 3.8) is 0 Å². The average Bonchev–Trinajstić information content (AvgIpc) is 2.68. The number of benzene rings is 1. The highest BCUT2D eigenvalue weighted by molar-refractivity contribution is 6.30. The third-order valence-corrected chi connectivity index (χ3v) is 5.86. The average molecular weight is 462 g/mol. The second kappa shape index (κ2) is 7.88. The van der Waals surface area contributed by atoms with Crippen molar-refractivity contribution in [1.29, 1.82) is 0 Å². The number of ether oxygens (including phenoxy) is 1. The Balaban J connectivity index is 1.56. The number of halogens is 2. The zero-order valence-electron chi connectivity index (χ0n) is 18.3. The van der Waals surface area contributed by atoms with Gasteiger partial charge in [-0.15, -0.1) is 0 Å². The van der Waals surface area contributed by atoms with E-state index in [0.29, 0.717) is 30.3 Å². The molecule has 2 aliphatic heterocycles. The number of aromatic nitrogens is 2. The van der Waals surface area contributed by atoms with Crippen molar-refractivity contribution < 1.29 is 18.7 Å². The quantitative estimate of drug-likeness (QED) is 0.727. The summed E-state index contributed by atoms with van der Waals surface area (Å²) in [6, 6.07) is 4.73. The van der Waals surface area contributed by atoms with Crippen molar-refractivity contribution in [3.05, 3.63) is 52.1 Å². The zero-order valence-corrected chi connectivity index (χ0v) is 19.1. The fraction of sp³-hybridized carbons (Fsp3) is 0.455. The van der Waals surface area contributed by atoms with E-state index in [9.17, 15) is 14.0 Å². The summed E-state index contributed by atoms with van der Waals surface area (Å²) in [6.07, 6.45) is 1.06. The van der Waals surface area contributed by atoms with Crippen LogP contribution < -0.4 is 10.6 Å². The van der Waals surface area contributed by atoms with Gasteiger partial charge in [0, 0.05) is 31.4 Å². The second-order valence-electron chi connectivity index (χ2n) is 9.30. The van der Waals surface area contributed by atoms with Crippen LogP contribution in [-0.2, 0) is 10.2 Å². The Kier molecular flexibility index (Phi) is 5.48. The Bertz CT molecular complexity index is 1080. The van der Waals surface area contributed by atoms with Crippen LogP contribution in [0.3, 0.4) is 0 Å². The number of rotatable bonds is 3. The predicted octanol–water partition coefficient (Wildman–Crippen LogP) is 3.35. The molecule has 0 saturated carbocycles. The topological polar surface area (TPSA) is 96.4 Å². The number of carbonyl (C=O) groups is 2. The fourth-order valence-corrected chi connectivity index (χ4v) is 4.03. The number of nitrogens with one attached hydrogen (secondary N) is 2. The highest BCUT2D eigenvalue weighted by Gasteiger charge is 2.42. The number of hydrogen-bond acceptors (Lipinski definition) is 6. The summed E-state index contributed by atoms with van der Waals surface area (Å²) in [5.74, 6) is -0.550. The first kappa shape index (κ1) is 22.3. The van der Waals surface area contributed by atoms with Gasteiger partial charge in [-0.2, -0.15) is 0 Å². The summed E-state index contributed by atoms with van der Waals surface area (Å²) < 4.78 is 20.2. The van der Waals surface area contributed by atoms with Crippen LogP contribution in [0.4, 0.5) is 15.1 Å². The molecule has 8 nitrogen and oxygen atoms in total. The Morgan fingerprint density at radius 2 is 2.09 bits per heavy atom. The molecule has 1 saturated heterocycles. The number of anilines is 1. The van der Waals surface area contributed by atoms with Crippen LogP contribution in [0.1, 0.15) is 49.3 Å². The lowest BCUT2D eigenvalue weighted by molar-refractivity contribution is 0.0104. The van der Waals surface area contributed by atoms with Gasteiger partial charge in [-0.05, 0) is 33.8 Å². The van der Waals surface area contributed by atoms with Gasteiger partial charge in [0.15, 0.2) is 0 Å². The number of likely N-dealkylation sites (tertiary alicyclic amines) is 1. The number of carbonyl (C=O) groups excluding carboxylic acids is 2. The number of hydrogen-bond donors (Lipinski definition) is 2. The van der Waals surface area contributed by atoms with E-state index in [2.05, 4.69) is 20.6 Å². The van der Waals surface area contributed by atoms with Gasteiger partial charge in [-0.3, -0.25) is 4.79 Å². The minimum absolute atomic E-state index is 0.00582. The SMILES string of the molecule is CC(C)(C)OC(=O)N1CC(Nc2ncc3c(n2)[C@@](C)(c2cccc(Cl)c2F)CNC3=O)C1. The van der Waals surface area contributed by atoms with Crippen molar-refractivity contribution in [3.8, 4) is 0 Å². The Labute approximate surface area is 190 Å². The molecule has 1 fully saturated rings. The minimum atomic E-state index is -0.931. The third kappa shape index (κ3) is 4.09. The van der Waals surface area contributed by atoms with Crippen LogP contribution in [0.5, 0.6) is 0 Å². The zero-order chi connectivity index (χ0) is 23.3. The molecule has 3 heterocycles. The first-order valence-electron chi connectivity index (χ1n) is 10.3. The lowest BCUT2D eigenvalue weighted by atomic mass is 9.75. The van der Waals surface area contributed by atoms with Crippen LogP contribution in [0.2, 0.25) is 5.02 Å². The maximum atomic E-state index is 14.9. The predicted molar refractivity (Wildman–Crippen MR) is 117 cm³/mol. The van der Waals surface area contributed by atoms with Crippen LogP contribution in [-0.4, -0.2) is 58.1 Å². The van der Waals surface area contributed by atoms with Gasteiger partial charge in [-0.25, -0.2) is 19.2 Å². The molecule has 0 unspecified atom stereocenters. The smallest absolute Gasteiger partial charge is 0.410 e. The molecular formula is C22H25ClFN5O3. The molecule has 0 bridgehead atoms. The Hall–Kier alpha value is -2.94. The van der Waals surface area contributed by atoms with Crippen LogP contribution >= 0.6 is 11.6 Å². The Morgan fingerprint density at radius 1 is 1.38 bits per heavy atom. The summed E-state index contributed by atoms with van der Waals surface area (Å²) in [5.41, 5.74) is -0.441. The van der Waals surface area contributed by atoms with Crippen molar-refractivity contribution in [1.82, 2.24) is 20.2 Å². The number of fused-ring (bicyclic) bond motifs is 1. The molecule has 0 radical (unpaired) electrons. The third-order valence-electron chi connectivity index (χ3n) is 5.57. The standard InChI is InChI=1S/C22H25ClFN5O3/c1-21(2,3)32-20(31)29-9-12(10-29)27-19-25-8-13-17(28-19)22(4,11-26-18(13)30)14-6-5-7-15(23)16(14)24/h5-8,12H,9-11H2,1-4H3,(H,26,30)(H,25,27,28)/t22-/m1/s1. The highest BCUT2D eigenvalue weighted by atomic mass is 35.5. The minimum Gasteiger partial charge on any atom is -0.444 e. The van der Waals surface area contributed by atoms with E-state index in [1.165, 1.54) is 12.3 Å². The van der Waals surface area contributed by atoms with Crippen molar-refractivity contribution in [2.24, 2.45) is 0 Å². The maximum absolute atomic E-state index is 14.9. The van der Waals surface area contributed by atoms with E-state index in [1.807, 2.05) is 27.7 Å². The lowest BCUT2D eigenvalue weighted by Crippen LogP contribution is -2.58. The monoisotopic (exact) mass is 461 g/mol. The van der Waals surface area contributed by atoms with Gasteiger partial charge in [0.2, 0.25) is 5.95 Å². The summed E-state index contributed by atoms with van der Waals surface area (Å²) >= 11 is 6.01.